The molecule has 0 amide bonds. The molecule has 0 aliphatic heterocycles. The molecule has 0 bridgehead atoms. The molecule has 0 heterocycles. The summed E-state index contributed by atoms with van der Waals surface area (Å²) in [7, 11) is 2.05. The van der Waals surface area contributed by atoms with Gasteiger partial charge in [-0.3, -0.25) is 0 Å². The van der Waals surface area contributed by atoms with E-state index in [4.69, 9.17) is 0 Å². The van der Waals surface area contributed by atoms with E-state index < -0.39 is 0 Å². The lowest BCUT2D eigenvalue weighted by atomic mass is 10.2. The summed E-state index contributed by atoms with van der Waals surface area (Å²) in [5.41, 5.74) is 0. The SMILES string of the molecule is CCC(C)CSCC(CC)NC. The van der Waals surface area contributed by atoms with E-state index in [9.17, 15) is 0 Å². The Morgan fingerprint density at radius 3 is 2.25 bits per heavy atom. The van der Waals surface area contributed by atoms with Gasteiger partial charge in [-0.25, -0.2) is 0 Å². The topological polar surface area (TPSA) is 12.0 Å². The van der Waals surface area contributed by atoms with Crippen LogP contribution >= 0.6 is 11.8 Å². The van der Waals surface area contributed by atoms with Crippen LogP contribution in [0, 0.1) is 5.92 Å². The Morgan fingerprint density at radius 1 is 1.17 bits per heavy atom. The molecular weight excluding hydrogens is 166 g/mol. The van der Waals surface area contributed by atoms with Gasteiger partial charge in [0.2, 0.25) is 0 Å². The number of hydrogen-bond donors (Lipinski definition) is 1. The maximum absolute atomic E-state index is 3.32. The van der Waals surface area contributed by atoms with Crippen LogP contribution in [-0.2, 0) is 0 Å². The summed E-state index contributed by atoms with van der Waals surface area (Å²) in [5.74, 6) is 3.45. The highest BCUT2D eigenvalue weighted by Gasteiger charge is 2.04. The zero-order valence-electron chi connectivity index (χ0n) is 8.89. The van der Waals surface area contributed by atoms with Crippen LogP contribution in [0.1, 0.15) is 33.6 Å². The second kappa shape index (κ2) is 7.93. The summed E-state index contributed by atoms with van der Waals surface area (Å²) in [6.45, 7) is 6.83. The molecule has 0 radical (unpaired) electrons. The lowest BCUT2D eigenvalue weighted by Crippen LogP contribution is -2.26. The van der Waals surface area contributed by atoms with Gasteiger partial charge >= 0.3 is 0 Å². The van der Waals surface area contributed by atoms with Crippen molar-refractivity contribution in [3.05, 3.63) is 0 Å². The van der Waals surface area contributed by atoms with Crippen molar-refractivity contribution in [2.45, 2.75) is 39.7 Å². The highest BCUT2D eigenvalue weighted by atomic mass is 32.2. The smallest absolute Gasteiger partial charge is 0.0152 e. The number of rotatable bonds is 7. The zero-order valence-corrected chi connectivity index (χ0v) is 9.71. The molecule has 2 heteroatoms. The minimum absolute atomic E-state index is 0.707. The first-order chi connectivity index (χ1) is 5.74. The Labute approximate surface area is 81.7 Å². The molecule has 74 valence electrons. The quantitative estimate of drug-likeness (QED) is 0.661. The van der Waals surface area contributed by atoms with Gasteiger partial charge in [0.15, 0.2) is 0 Å². The lowest BCUT2D eigenvalue weighted by Gasteiger charge is -2.14. The molecule has 0 saturated carbocycles. The summed E-state index contributed by atoms with van der Waals surface area (Å²) >= 11 is 2.08. The summed E-state index contributed by atoms with van der Waals surface area (Å²) in [4.78, 5) is 0. The predicted molar refractivity (Wildman–Crippen MR) is 59.9 cm³/mol. The molecule has 0 fully saturated rings. The minimum atomic E-state index is 0.707. The predicted octanol–water partition coefficient (Wildman–Crippen LogP) is 2.76. The maximum Gasteiger partial charge on any atom is 0.0152 e. The van der Waals surface area contributed by atoms with Crippen molar-refractivity contribution >= 4 is 11.8 Å². The molecule has 1 N–H and O–H groups in total. The molecule has 1 nitrogen and oxygen atoms in total. The van der Waals surface area contributed by atoms with Crippen molar-refractivity contribution in [1.82, 2.24) is 5.32 Å². The van der Waals surface area contributed by atoms with Gasteiger partial charge in [0.05, 0.1) is 0 Å². The Bertz CT molecular complexity index is 91.8. The van der Waals surface area contributed by atoms with Crippen molar-refractivity contribution in [2.24, 2.45) is 5.92 Å². The van der Waals surface area contributed by atoms with Crippen molar-refractivity contribution in [1.29, 1.82) is 0 Å². The van der Waals surface area contributed by atoms with Crippen molar-refractivity contribution in [3.8, 4) is 0 Å². The third-order valence-corrected chi connectivity index (χ3v) is 3.76. The number of thioether (sulfide) groups is 1. The third kappa shape index (κ3) is 5.90. The van der Waals surface area contributed by atoms with Crippen LogP contribution in [0.5, 0.6) is 0 Å². The van der Waals surface area contributed by atoms with Crippen LogP contribution in [0.3, 0.4) is 0 Å². The van der Waals surface area contributed by atoms with Crippen LogP contribution in [0.2, 0.25) is 0 Å². The van der Waals surface area contributed by atoms with E-state index >= 15 is 0 Å². The Hall–Kier alpha value is 0.310. The fourth-order valence-corrected chi connectivity index (χ4v) is 2.40. The first-order valence-corrected chi connectivity index (χ1v) is 6.15. The normalized spacial score (nSPS) is 16.0. The van der Waals surface area contributed by atoms with Gasteiger partial charge in [-0.2, -0.15) is 11.8 Å². The highest BCUT2D eigenvalue weighted by Crippen LogP contribution is 2.12. The van der Waals surface area contributed by atoms with Crippen molar-refractivity contribution < 1.29 is 0 Å². The molecule has 12 heavy (non-hydrogen) atoms. The zero-order chi connectivity index (χ0) is 9.40. The highest BCUT2D eigenvalue weighted by molar-refractivity contribution is 7.99. The van der Waals surface area contributed by atoms with Gasteiger partial charge in [-0.05, 0) is 25.1 Å². The van der Waals surface area contributed by atoms with Crippen LogP contribution in [0.4, 0.5) is 0 Å². The summed E-state index contributed by atoms with van der Waals surface area (Å²) < 4.78 is 0. The number of hydrogen-bond acceptors (Lipinski definition) is 2. The van der Waals surface area contributed by atoms with E-state index in [0.717, 1.165) is 5.92 Å². The fraction of sp³-hybridized carbons (Fsp3) is 1.00. The molecule has 0 saturated heterocycles. The third-order valence-electron chi connectivity index (χ3n) is 2.32. The minimum Gasteiger partial charge on any atom is -0.316 e. The van der Waals surface area contributed by atoms with E-state index in [-0.39, 0.29) is 0 Å². The monoisotopic (exact) mass is 189 g/mol. The summed E-state index contributed by atoms with van der Waals surface area (Å²) in [6, 6.07) is 0.707. The first-order valence-electron chi connectivity index (χ1n) is 4.99. The molecule has 0 aromatic carbocycles. The Kier molecular flexibility index (Phi) is 8.14. The number of nitrogens with one attached hydrogen (secondary N) is 1. The van der Waals surface area contributed by atoms with Gasteiger partial charge in [0, 0.05) is 11.8 Å². The Morgan fingerprint density at radius 2 is 1.83 bits per heavy atom. The van der Waals surface area contributed by atoms with Crippen LogP contribution in [-0.4, -0.2) is 24.6 Å². The van der Waals surface area contributed by atoms with Crippen LogP contribution in [0.15, 0.2) is 0 Å². The largest absolute Gasteiger partial charge is 0.316 e. The summed E-state index contributed by atoms with van der Waals surface area (Å²) in [5, 5.41) is 3.32. The molecular formula is C10H23NS. The van der Waals surface area contributed by atoms with E-state index in [2.05, 4.69) is 44.9 Å². The van der Waals surface area contributed by atoms with Crippen LogP contribution < -0.4 is 5.32 Å². The molecule has 2 atom stereocenters. The average molecular weight is 189 g/mol. The van der Waals surface area contributed by atoms with Gasteiger partial charge in [-0.15, -0.1) is 0 Å². The van der Waals surface area contributed by atoms with E-state index in [1.165, 1.54) is 24.3 Å². The lowest BCUT2D eigenvalue weighted by molar-refractivity contribution is 0.597. The first kappa shape index (κ1) is 12.3. The average Bonchev–Trinajstić information content (AvgIpc) is 2.12. The Balaban J connectivity index is 3.28. The van der Waals surface area contributed by atoms with Gasteiger partial charge in [0.25, 0.3) is 0 Å². The molecule has 0 aromatic rings. The standard InChI is InChI=1S/C10H23NS/c1-5-9(3)7-12-8-10(6-2)11-4/h9-11H,5-8H2,1-4H3. The molecule has 0 aliphatic carbocycles. The van der Waals surface area contributed by atoms with Crippen molar-refractivity contribution in [2.75, 3.05) is 18.6 Å². The molecule has 0 aliphatic rings. The van der Waals surface area contributed by atoms with Gasteiger partial charge in [-0.1, -0.05) is 27.2 Å². The van der Waals surface area contributed by atoms with Crippen molar-refractivity contribution in [3.63, 3.8) is 0 Å². The maximum atomic E-state index is 3.32. The van der Waals surface area contributed by atoms with E-state index in [1.807, 2.05) is 0 Å². The van der Waals surface area contributed by atoms with Crippen LogP contribution in [0.25, 0.3) is 0 Å². The van der Waals surface area contributed by atoms with Gasteiger partial charge < -0.3 is 5.32 Å². The molecule has 2 unspecified atom stereocenters. The van der Waals surface area contributed by atoms with Gasteiger partial charge in [0.1, 0.15) is 0 Å². The summed E-state index contributed by atoms with van der Waals surface area (Å²) in [6.07, 6.45) is 2.55. The second-order valence-electron chi connectivity index (χ2n) is 3.44. The second-order valence-corrected chi connectivity index (χ2v) is 4.52. The van der Waals surface area contributed by atoms with E-state index in [1.54, 1.807) is 0 Å². The molecule has 0 aromatic heterocycles. The van der Waals surface area contributed by atoms with E-state index in [0.29, 0.717) is 6.04 Å². The molecule has 0 spiro atoms. The fourth-order valence-electron chi connectivity index (χ4n) is 0.935. The molecule has 0 rings (SSSR count).